The molecule has 0 heterocycles. The molecule has 0 amide bonds. The molecule has 0 aromatic rings. The summed E-state index contributed by atoms with van der Waals surface area (Å²) in [6, 6.07) is 0. The van der Waals surface area contributed by atoms with E-state index < -0.39 is 41.7 Å². The highest BCUT2D eigenvalue weighted by Crippen LogP contribution is 2.52. The Morgan fingerprint density at radius 2 is 1.38 bits per heavy atom. The van der Waals surface area contributed by atoms with Gasteiger partial charge >= 0.3 is 11.8 Å². The number of rotatable bonds is 2. The first-order valence-electron chi connectivity index (χ1n) is 4.02. The van der Waals surface area contributed by atoms with Crippen LogP contribution in [0.2, 0.25) is 0 Å². The summed E-state index contributed by atoms with van der Waals surface area (Å²) in [7, 11) is 0. The monoisotopic (exact) mass is 250 g/mol. The summed E-state index contributed by atoms with van der Waals surface area (Å²) in [6.07, 6.45) is 0. The molecule has 0 aromatic heterocycles. The number of alkyl halides is 4. The van der Waals surface area contributed by atoms with E-state index in [1.54, 1.807) is 0 Å². The number of hydrogen-bond acceptors (Lipinski definition) is 1. The normalized spacial score (nSPS) is 23.8. The molecule has 0 spiro atoms. The summed E-state index contributed by atoms with van der Waals surface area (Å²) in [5.74, 6) is -21.1. The van der Waals surface area contributed by atoms with Crippen molar-refractivity contribution in [3.8, 4) is 0 Å². The van der Waals surface area contributed by atoms with Gasteiger partial charge in [0.2, 0.25) is 17.5 Å². The maximum Gasteiger partial charge on any atom is 0.371 e. The minimum Gasteiger partial charge on any atom is -0.488 e. The van der Waals surface area contributed by atoms with Gasteiger partial charge in [0.25, 0.3) is 0 Å². The highest BCUT2D eigenvalue weighted by Gasteiger charge is 2.68. The fourth-order valence-electron chi connectivity index (χ4n) is 1.02. The number of allylic oxidation sites excluding steroid dienone is 3. The Hall–Kier alpha value is -1.21. The lowest BCUT2D eigenvalue weighted by atomic mass is 10.0. The SMILES string of the molecule is CCOC1=C(F)C(F)(F)C(F)(F)C(F)=C1F. The topological polar surface area (TPSA) is 9.23 Å². The fraction of sp³-hybridized carbons (Fsp3) is 0.500. The molecule has 92 valence electrons. The van der Waals surface area contributed by atoms with Gasteiger partial charge in [-0.1, -0.05) is 0 Å². The number of halogens is 7. The number of ether oxygens (including phenoxy) is 1. The quantitative estimate of drug-likeness (QED) is 0.680. The highest BCUT2D eigenvalue weighted by atomic mass is 19.3. The Morgan fingerprint density at radius 1 is 0.938 bits per heavy atom. The van der Waals surface area contributed by atoms with Gasteiger partial charge in [-0.25, -0.2) is 8.78 Å². The molecular formula is C8H5F7O. The fourth-order valence-corrected chi connectivity index (χ4v) is 1.02. The second kappa shape index (κ2) is 3.67. The van der Waals surface area contributed by atoms with E-state index in [0.717, 1.165) is 6.92 Å². The second-order valence-corrected chi connectivity index (χ2v) is 2.85. The van der Waals surface area contributed by atoms with E-state index in [9.17, 15) is 30.7 Å². The lowest BCUT2D eigenvalue weighted by Crippen LogP contribution is -2.45. The Balaban J connectivity index is 3.41. The van der Waals surface area contributed by atoms with Crippen molar-refractivity contribution in [1.29, 1.82) is 0 Å². The van der Waals surface area contributed by atoms with Crippen molar-refractivity contribution < 1.29 is 35.5 Å². The lowest BCUT2D eigenvalue weighted by Gasteiger charge is -2.28. The van der Waals surface area contributed by atoms with Crippen molar-refractivity contribution in [2.45, 2.75) is 18.8 Å². The second-order valence-electron chi connectivity index (χ2n) is 2.85. The van der Waals surface area contributed by atoms with Gasteiger partial charge in [-0.05, 0) is 6.92 Å². The van der Waals surface area contributed by atoms with E-state index in [1.165, 1.54) is 0 Å². The molecule has 0 bridgehead atoms. The Labute approximate surface area is 85.2 Å². The standard InChI is InChI=1S/C8H5F7O/c1-2-16-4-3(9)5(10)7(12,13)8(14,15)6(4)11/h2H2,1H3. The van der Waals surface area contributed by atoms with Crippen LogP contribution in [0.25, 0.3) is 0 Å². The van der Waals surface area contributed by atoms with Gasteiger partial charge < -0.3 is 4.74 Å². The van der Waals surface area contributed by atoms with E-state index >= 15 is 0 Å². The zero-order chi connectivity index (χ0) is 12.7. The molecule has 0 fully saturated rings. The molecule has 0 N–H and O–H groups in total. The first kappa shape index (κ1) is 12.9. The van der Waals surface area contributed by atoms with E-state index in [2.05, 4.69) is 4.74 Å². The predicted octanol–water partition coefficient (Wildman–Crippen LogP) is 3.64. The van der Waals surface area contributed by atoms with E-state index in [-0.39, 0.29) is 0 Å². The Morgan fingerprint density at radius 3 is 1.81 bits per heavy atom. The molecule has 0 radical (unpaired) electrons. The van der Waals surface area contributed by atoms with Gasteiger partial charge in [0, 0.05) is 0 Å². The zero-order valence-corrected chi connectivity index (χ0v) is 7.76. The third kappa shape index (κ3) is 1.47. The molecule has 1 aliphatic carbocycles. The van der Waals surface area contributed by atoms with Crippen LogP contribution in [0.1, 0.15) is 6.92 Å². The molecule has 0 saturated heterocycles. The van der Waals surface area contributed by atoms with Crippen LogP contribution in [0.15, 0.2) is 23.2 Å². The summed E-state index contributed by atoms with van der Waals surface area (Å²) in [5.41, 5.74) is 0. The minimum absolute atomic E-state index is 0.481. The van der Waals surface area contributed by atoms with Crippen LogP contribution in [0.3, 0.4) is 0 Å². The Kier molecular flexibility index (Phi) is 2.95. The molecule has 8 heteroatoms. The van der Waals surface area contributed by atoms with Crippen molar-refractivity contribution in [1.82, 2.24) is 0 Å². The third-order valence-corrected chi connectivity index (χ3v) is 1.83. The van der Waals surface area contributed by atoms with Crippen LogP contribution in [-0.2, 0) is 4.74 Å². The van der Waals surface area contributed by atoms with Gasteiger partial charge in [-0.15, -0.1) is 0 Å². The summed E-state index contributed by atoms with van der Waals surface area (Å²) in [6.45, 7) is 0.682. The van der Waals surface area contributed by atoms with Gasteiger partial charge in [-0.3, -0.25) is 0 Å². The van der Waals surface area contributed by atoms with Crippen molar-refractivity contribution in [2.24, 2.45) is 0 Å². The maximum atomic E-state index is 12.8. The van der Waals surface area contributed by atoms with Crippen LogP contribution >= 0.6 is 0 Å². The molecule has 0 saturated carbocycles. The van der Waals surface area contributed by atoms with Gasteiger partial charge in [0.1, 0.15) is 0 Å². The average Bonchev–Trinajstić information content (AvgIpc) is 2.21. The van der Waals surface area contributed by atoms with Gasteiger partial charge in [0.05, 0.1) is 6.61 Å². The van der Waals surface area contributed by atoms with Crippen LogP contribution in [0.4, 0.5) is 30.7 Å². The molecule has 1 nitrogen and oxygen atoms in total. The molecule has 0 unspecified atom stereocenters. The Bertz CT molecular complexity index is 369. The molecule has 1 rings (SSSR count). The van der Waals surface area contributed by atoms with E-state index in [0.29, 0.717) is 0 Å². The van der Waals surface area contributed by atoms with Crippen LogP contribution in [0.5, 0.6) is 0 Å². The van der Waals surface area contributed by atoms with Crippen LogP contribution in [-0.4, -0.2) is 18.5 Å². The number of hydrogen-bond donors (Lipinski definition) is 0. The van der Waals surface area contributed by atoms with E-state index in [1.807, 2.05) is 0 Å². The van der Waals surface area contributed by atoms with Crippen molar-refractivity contribution in [3.63, 3.8) is 0 Å². The first-order valence-corrected chi connectivity index (χ1v) is 4.02. The van der Waals surface area contributed by atoms with E-state index in [4.69, 9.17) is 0 Å². The average molecular weight is 250 g/mol. The van der Waals surface area contributed by atoms with Crippen molar-refractivity contribution >= 4 is 0 Å². The highest BCUT2D eigenvalue weighted by molar-refractivity contribution is 5.39. The first-order chi connectivity index (χ1) is 7.17. The molecular weight excluding hydrogens is 245 g/mol. The maximum absolute atomic E-state index is 12.8. The van der Waals surface area contributed by atoms with Crippen LogP contribution in [0, 0.1) is 0 Å². The molecule has 16 heavy (non-hydrogen) atoms. The van der Waals surface area contributed by atoms with Crippen LogP contribution < -0.4 is 0 Å². The molecule has 0 aliphatic heterocycles. The molecule has 0 aromatic carbocycles. The zero-order valence-electron chi connectivity index (χ0n) is 7.76. The molecule has 0 atom stereocenters. The summed E-state index contributed by atoms with van der Waals surface area (Å²) < 4.78 is 92.6. The predicted molar refractivity (Wildman–Crippen MR) is 38.9 cm³/mol. The lowest BCUT2D eigenvalue weighted by molar-refractivity contribution is -0.188. The minimum atomic E-state index is -5.55. The smallest absolute Gasteiger partial charge is 0.371 e. The summed E-state index contributed by atoms with van der Waals surface area (Å²) in [4.78, 5) is 0. The van der Waals surface area contributed by atoms with Crippen molar-refractivity contribution in [2.75, 3.05) is 6.61 Å². The summed E-state index contributed by atoms with van der Waals surface area (Å²) in [5, 5.41) is 0. The van der Waals surface area contributed by atoms with Gasteiger partial charge in [0.15, 0.2) is 5.76 Å². The summed E-state index contributed by atoms with van der Waals surface area (Å²) >= 11 is 0. The largest absolute Gasteiger partial charge is 0.488 e. The van der Waals surface area contributed by atoms with Gasteiger partial charge in [-0.2, -0.15) is 22.0 Å². The molecule has 1 aliphatic rings. The van der Waals surface area contributed by atoms with Crippen molar-refractivity contribution in [3.05, 3.63) is 23.2 Å². The third-order valence-electron chi connectivity index (χ3n) is 1.83.